The van der Waals surface area contributed by atoms with E-state index in [4.69, 9.17) is 5.09 Å². The molecule has 0 radical (unpaired) electrons. The van der Waals surface area contributed by atoms with Crippen molar-refractivity contribution in [3.63, 3.8) is 0 Å². The number of benzene rings is 2. The lowest BCUT2D eigenvalue weighted by Gasteiger charge is -2.45. The summed E-state index contributed by atoms with van der Waals surface area (Å²) >= 11 is 0. The molecule has 0 bridgehead atoms. The van der Waals surface area contributed by atoms with E-state index in [2.05, 4.69) is 81.4 Å². The first-order valence-electron chi connectivity index (χ1n) is 6.19. The number of hydrogen-bond acceptors (Lipinski definition) is 0. The molecule has 0 fully saturated rings. The van der Waals surface area contributed by atoms with Crippen molar-refractivity contribution in [3.05, 3.63) is 65.8 Å². The molecule has 2 aromatic rings. The highest BCUT2D eigenvalue weighted by atomic mass is 31.1. The minimum atomic E-state index is -0.614. The Morgan fingerprint density at radius 1 is 0.722 bits per heavy atom. The van der Waals surface area contributed by atoms with Crippen LogP contribution in [0.1, 0.15) is 20.8 Å². The molecule has 94 valence electrons. The number of rotatable bonds is 3. The fourth-order valence-electron chi connectivity index (χ4n) is 1.70. The Bertz CT molecular complexity index is 434. The van der Waals surface area contributed by atoms with E-state index >= 15 is 0 Å². The lowest BCUT2D eigenvalue weighted by molar-refractivity contribution is 0.684. The molecule has 0 aliphatic heterocycles. The van der Waals surface area contributed by atoms with Crippen molar-refractivity contribution in [2.24, 2.45) is 0 Å². The summed E-state index contributed by atoms with van der Waals surface area (Å²) in [7, 11) is -0.614. The fourth-order valence-corrected chi connectivity index (χ4v) is 3.74. The predicted molar refractivity (Wildman–Crippen MR) is 82.2 cm³/mol. The lowest BCUT2D eigenvalue weighted by Crippen LogP contribution is -2.18. The molecular weight excluding hydrogens is 237 g/mol. The molecule has 18 heavy (non-hydrogen) atoms. The van der Waals surface area contributed by atoms with Crippen molar-refractivity contribution in [1.82, 2.24) is 0 Å². The Kier molecular flexibility index (Phi) is 4.16. The van der Waals surface area contributed by atoms with Gasteiger partial charge in [0.2, 0.25) is 0 Å². The molecule has 0 unspecified atom stereocenters. The molecule has 0 heterocycles. The molecule has 0 saturated heterocycles. The standard InChI is InChI=1S/C16H19NP/c1-16(2,3)17-18(14-10-6-4-7-11-14)15-12-8-5-9-13-15/h4-13H,1-3H3/q-1. The summed E-state index contributed by atoms with van der Waals surface area (Å²) in [4.78, 5) is 0. The number of hydrogen-bond donors (Lipinski definition) is 0. The first-order valence-corrected chi connectivity index (χ1v) is 7.49. The average molecular weight is 256 g/mol. The van der Waals surface area contributed by atoms with Crippen LogP contribution in [0.2, 0.25) is 0 Å². The van der Waals surface area contributed by atoms with Crippen LogP contribution in [0, 0.1) is 0 Å². The topological polar surface area (TPSA) is 14.1 Å². The Balaban J connectivity index is 2.36. The zero-order chi connectivity index (χ0) is 13.0. The van der Waals surface area contributed by atoms with Crippen molar-refractivity contribution in [3.8, 4) is 0 Å². The summed E-state index contributed by atoms with van der Waals surface area (Å²) in [5.74, 6) is 0. The maximum absolute atomic E-state index is 5.01. The molecule has 0 aliphatic rings. The lowest BCUT2D eigenvalue weighted by atomic mass is 10.1. The molecule has 0 saturated carbocycles. The van der Waals surface area contributed by atoms with Gasteiger partial charge in [0.25, 0.3) is 0 Å². The van der Waals surface area contributed by atoms with E-state index in [0.717, 1.165) is 0 Å². The van der Waals surface area contributed by atoms with Gasteiger partial charge in [-0.1, -0.05) is 81.4 Å². The van der Waals surface area contributed by atoms with Crippen LogP contribution < -0.4 is 10.6 Å². The van der Waals surface area contributed by atoms with Crippen LogP contribution in [0.4, 0.5) is 0 Å². The zero-order valence-electron chi connectivity index (χ0n) is 11.2. The van der Waals surface area contributed by atoms with Gasteiger partial charge in [-0.15, -0.1) is 5.54 Å². The molecule has 0 aromatic heterocycles. The summed E-state index contributed by atoms with van der Waals surface area (Å²) in [5.41, 5.74) is -0.0165. The van der Waals surface area contributed by atoms with E-state index in [1.807, 2.05) is 0 Å². The van der Waals surface area contributed by atoms with Crippen molar-refractivity contribution >= 4 is 18.7 Å². The highest BCUT2D eigenvalue weighted by Crippen LogP contribution is 2.45. The monoisotopic (exact) mass is 256 g/mol. The highest BCUT2D eigenvalue weighted by Gasteiger charge is 2.08. The molecule has 0 atom stereocenters. The summed E-state index contributed by atoms with van der Waals surface area (Å²) in [5, 5.41) is 7.64. The third-order valence-corrected chi connectivity index (χ3v) is 4.78. The van der Waals surface area contributed by atoms with Crippen LogP contribution in [-0.2, 0) is 0 Å². The molecule has 0 N–H and O–H groups in total. The van der Waals surface area contributed by atoms with Gasteiger partial charge in [-0.05, 0) is 10.6 Å². The molecule has 2 rings (SSSR count). The van der Waals surface area contributed by atoms with Gasteiger partial charge in [-0.3, -0.25) is 0 Å². The van der Waals surface area contributed by atoms with E-state index in [0.29, 0.717) is 0 Å². The van der Waals surface area contributed by atoms with E-state index in [9.17, 15) is 0 Å². The Hall–Kier alpha value is -1.17. The molecule has 1 nitrogen and oxygen atoms in total. The summed E-state index contributed by atoms with van der Waals surface area (Å²) < 4.78 is 0. The Morgan fingerprint density at radius 2 is 1.11 bits per heavy atom. The molecule has 0 spiro atoms. The molecule has 2 aromatic carbocycles. The number of nitrogens with zero attached hydrogens (tertiary/aromatic N) is 1. The maximum atomic E-state index is 5.01. The Labute approximate surface area is 111 Å². The van der Waals surface area contributed by atoms with Crippen molar-refractivity contribution in [2.45, 2.75) is 26.3 Å². The smallest absolute Gasteiger partial charge is 0.0401 e. The first kappa shape index (κ1) is 13.3. The van der Waals surface area contributed by atoms with E-state index in [1.165, 1.54) is 10.6 Å². The van der Waals surface area contributed by atoms with Crippen LogP contribution in [0.25, 0.3) is 5.09 Å². The SMILES string of the molecule is CC(C)(C)[N-]P(c1ccccc1)c1ccccc1. The quantitative estimate of drug-likeness (QED) is 0.730. The van der Waals surface area contributed by atoms with Crippen molar-refractivity contribution < 1.29 is 0 Å². The second-order valence-corrected chi connectivity index (χ2v) is 7.11. The minimum absolute atomic E-state index is 0.0165. The van der Waals surface area contributed by atoms with Gasteiger partial charge in [0.05, 0.1) is 0 Å². The van der Waals surface area contributed by atoms with Crippen LogP contribution >= 0.6 is 8.07 Å². The van der Waals surface area contributed by atoms with Crippen LogP contribution in [0.3, 0.4) is 0 Å². The highest BCUT2D eigenvalue weighted by molar-refractivity contribution is 7.75. The van der Waals surface area contributed by atoms with Gasteiger partial charge in [0, 0.05) is 0 Å². The fraction of sp³-hybridized carbons (Fsp3) is 0.250. The van der Waals surface area contributed by atoms with Crippen LogP contribution in [-0.4, -0.2) is 5.54 Å². The first-order chi connectivity index (χ1) is 8.56. The minimum Gasteiger partial charge on any atom is -0.624 e. The summed E-state index contributed by atoms with van der Waals surface area (Å²) in [6.07, 6.45) is 0. The van der Waals surface area contributed by atoms with Crippen molar-refractivity contribution in [1.29, 1.82) is 0 Å². The largest absolute Gasteiger partial charge is 0.624 e. The predicted octanol–water partition coefficient (Wildman–Crippen LogP) is 4.21. The van der Waals surface area contributed by atoms with Crippen molar-refractivity contribution in [2.75, 3.05) is 0 Å². The van der Waals surface area contributed by atoms with Gasteiger partial charge in [0.15, 0.2) is 0 Å². The van der Waals surface area contributed by atoms with E-state index < -0.39 is 8.07 Å². The molecular formula is C16H19NP-. The van der Waals surface area contributed by atoms with Crippen LogP contribution in [0.5, 0.6) is 0 Å². The van der Waals surface area contributed by atoms with Gasteiger partial charge >= 0.3 is 0 Å². The second kappa shape index (κ2) is 5.65. The summed E-state index contributed by atoms with van der Waals surface area (Å²) in [6.45, 7) is 6.48. The van der Waals surface area contributed by atoms with E-state index in [1.54, 1.807) is 0 Å². The maximum Gasteiger partial charge on any atom is -0.0401 e. The van der Waals surface area contributed by atoms with Gasteiger partial charge in [-0.25, -0.2) is 0 Å². The Morgan fingerprint density at radius 3 is 1.44 bits per heavy atom. The molecule has 0 aliphatic carbocycles. The zero-order valence-corrected chi connectivity index (χ0v) is 12.1. The average Bonchev–Trinajstić information content (AvgIpc) is 2.37. The third-order valence-electron chi connectivity index (χ3n) is 2.40. The van der Waals surface area contributed by atoms with Gasteiger partial charge in [0.1, 0.15) is 0 Å². The third kappa shape index (κ3) is 3.66. The van der Waals surface area contributed by atoms with Crippen LogP contribution in [0.15, 0.2) is 60.7 Å². The summed E-state index contributed by atoms with van der Waals surface area (Å²) in [6, 6.07) is 21.2. The van der Waals surface area contributed by atoms with E-state index in [-0.39, 0.29) is 5.54 Å². The normalized spacial score (nSPS) is 11.8. The van der Waals surface area contributed by atoms with Gasteiger partial charge < -0.3 is 5.09 Å². The second-order valence-electron chi connectivity index (χ2n) is 5.25. The van der Waals surface area contributed by atoms with Gasteiger partial charge in [-0.2, -0.15) is 8.07 Å². The molecule has 2 heteroatoms. The molecule has 0 amide bonds.